The maximum atomic E-state index is 13.3. The van der Waals surface area contributed by atoms with Crippen molar-refractivity contribution in [3.05, 3.63) is 0 Å². The van der Waals surface area contributed by atoms with Crippen molar-refractivity contribution >= 4 is 53.3 Å². The Balaban J connectivity index is 5.61. The molecule has 0 heterocycles. The van der Waals surface area contributed by atoms with Gasteiger partial charge >= 0.3 is 11.9 Å². The summed E-state index contributed by atoms with van der Waals surface area (Å²) in [5.74, 6) is -9.12. The zero-order chi connectivity index (χ0) is 43.0. The number of unbranched alkanes of at least 4 members (excludes halogenated alkanes) is 2. The quantitative estimate of drug-likeness (QED) is 0.0317. The number of hydrogen-bond acceptors (Lipinski definition) is 13. The first-order valence-corrected chi connectivity index (χ1v) is 18.6. The van der Waals surface area contributed by atoms with Gasteiger partial charge in [-0.1, -0.05) is 27.7 Å². The van der Waals surface area contributed by atoms with Crippen LogP contribution in [0.15, 0.2) is 0 Å². The van der Waals surface area contributed by atoms with Crippen LogP contribution in [-0.2, 0) is 43.2 Å². The summed E-state index contributed by atoms with van der Waals surface area (Å²) in [6, 6.07) is -7.62. The maximum Gasteiger partial charge on any atom is 0.326 e. The molecule has 0 bridgehead atoms. The first kappa shape index (κ1) is 51.1. The average molecular weight is 803 g/mol. The largest absolute Gasteiger partial charge is 0.481 e. The van der Waals surface area contributed by atoms with Gasteiger partial charge in [0.15, 0.2) is 0 Å². The molecule has 0 unspecified atom stereocenters. The summed E-state index contributed by atoms with van der Waals surface area (Å²) in [5, 5.41) is 44.9. The Morgan fingerprint density at radius 1 is 0.536 bits per heavy atom. The van der Waals surface area contributed by atoms with Crippen LogP contribution in [-0.4, -0.2) is 138 Å². The van der Waals surface area contributed by atoms with Crippen molar-refractivity contribution in [2.24, 2.45) is 29.0 Å². The van der Waals surface area contributed by atoms with Crippen molar-refractivity contribution in [1.82, 2.24) is 37.2 Å². The molecule has 0 aromatic rings. The van der Waals surface area contributed by atoms with Crippen LogP contribution < -0.4 is 54.4 Å². The molecule has 0 aliphatic rings. The minimum atomic E-state index is -1.58. The van der Waals surface area contributed by atoms with Crippen LogP contribution in [0, 0.1) is 11.8 Å². The van der Waals surface area contributed by atoms with Gasteiger partial charge in [-0.05, 0) is 69.9 Å². The van der Waals surface area contributed by atoms with Crippen LogP contribution in [0.2, 0.25) is 0 Å². The summed E-state index contributed by atoms with van der Waals surface area (Å²) < 4.78 is 0. The third-order valence-corrected chi connectivity index (χ3v) is 8.34. The number of nitrogens with one attached hydrogen (secondary N) is 7. The Kier molecular flexibility index (Phi) is 25.2. The third kappa shape index (κ3) is 20.7. The molecular weight excluding hydrogens is 740 g/mol. The summed E-state index contributed by atoms with van der Waals surface area (Å²) in [5.41, 5.74) is 16.8. The van der Waals surface area contributed by atoms with Gasteiger partial charge in [0.2, 0.25) is 41.4 Å². The van der Waals surface area contributed by atoms with Gasteiger partial charge in [-0.25, -0.2) is 4.79 Å². The minimum absolute atomic E-state index is 0.0503. The second-order valence-electron chi connectivity index (χ2n) is 13.8. The Morgan fingerprint density at radius 3 is 1.41 bits per heavy atom. The summed E-state index contributed by atoms with van der Waals surface area (Å²) in [6.07, 6.45) is 1.42. The molecule has 6 atom stereocenters. The molecule has 0 spiro atoms. The average Bonchev–Trinajstić information content (AvgIpc) is 3.13. The highest BCUT2D eigenvalue weighted by Gasteiger charge is 2.33. The summed E-state index contributed by atoms with van der Waals surface area (Å²) in [6.45, 7) is 4.87. The highest BCUT2D eigenvalue weighted by molar-refractivity contribution is 5.96. The van der Waals surface area contributed by atoms with E-state index < -0.39 is 121 Å². The van der Waals surface area contributed by atoms with E-state index in [9.17, 15) is 53.4 Å². The fourth-order valence-electron chi connectivity index (χ4n) is 5.02. The van der Waals surface area contributed by atoms with E-state index in [1.807, 2.05) is 0 Å². The first-order valence-electron chi connectivity index (χ1n) is 18.6. The zero-order valence-corrected chi connectivity index (χ0v) is 32.6. The lowest BCUT2D eigenvalue weighted by molar-refractivity contribution is -0.144. The maximum absolute atomic E-state index is 13.3. The van der Waals surface area contributed by atoms with Crippen molar-refractivity contribution in [2.45, 2.75) is 115 Å². The number of aliphatic carboxylic acids is 2. The van der Waals surface area contributed by atoms with Crippen molar-refractivity contribution in [2.75, 3.05) is 32.8 Å². The molecule has 7 amide bonds. The van der Waals surface area contributed by atoms with E-state index in [0.29, 0.717) is 32.2 Å². The predicted molar refractivity (Wildman–Crippen MR) is 201 cm³/mol. The fourth-order valence-corrected chi connectivity index (χ4v) is 5.02. The molecule has 0 rings (SSSR count). The number of rotatable bonds is 29. The van der Waals surface area contributed by atoms with E-state index in [2.05, 4.69) is 37.2 Å². The van der Waals surface area contributed by atoms with Gasteiger partial charge in [0, 0.05) is 6.42 Å². The number of aliphatic hydroxyl groups is 1. The first-order chi connectivity index (χ1) is 26.3. The molecule has 0 aliphatic heterocycles. The third-order valence-electron chi connectivity index (χ3n) is 8.34. The topological polar surface area (TPSA) is 377 Å². The normalized spacial score (nSPS) is 14.2. The van der Waals surface area contributed by atoms with Crippen molar-refractivity contribution in [3.63, 3.8) is 0 Å². The second kappa shape index (κ2) is 27.6. The number of carbonyl (C=O) groups is 9. The molecule has 0 aliphatic carbocycles. The molecule has 320 valence electrons. The van der Waals surface area contributed by atoms with Crippen LogP contribution in [0.5, 0.6) is 0 Å². The minimum Gasteiger partial charge on any atom is -0.481 e. The Labute approximate surface area is 325 Å². The predicted octanol–water partition coefficient (Wildman–Crippen LogP) is -4.52. The van der Waals surface area contributed by atoms with E-state index >= 15 is 0 Å². The molecule has 22 nitrogen and oxygen atoms in total. The van der Waals surface area contributed by atoms with Gasteiger partial charge in [0.05, 0.1) is 25.7 Å². The lowest BCUT2D eigenvalue weighted by Gasteiger charge is -2.27. The number of aliphatic hydroxyl groups excluding tert-OH is 1. The molecule has 0 saturated carbocycles. The number of carboxylic acid groups (broad SMARTS) is 2. The molecule has 22 heteroatoms. The van der Waals surface area contributed by atoms with Gasteiger partial charge in [0.25, 0.3) is 0 Å². The van der Waals surface area contributed by atoms with E-state index in [4.69, 9.17) is 22.3 Å². The van der Waals surface area contributed by atoms with Crippen LogP contribution >= 0.6 is 0 Å². The SMILES string of the molecule is CC(C)[C@H](NC(=O)[C@@H](NC(=O)[C@H](CO)NC(=O)[C@H](CCCCN)NC(=O)CNC(=O)[C@H](CCCCN)NC(=O)CNC(=O)[C@@H](N)CCC(=O)O)C(C)C)C(=O)O. The molecular formula is C34H62N10O12. The zero-order valence-electron chi connectivity index (χ0n) is 32.6. The summed E-state index contributed by atoms with van der Waals surface area (Å²) in [4.78, 5) is 112. The van der Waals surface area contributed by atoms with Crippen LogP contribution in [0.4, 0.5) is 0 Å². The number of amides is 7. The summed E-state index contributed by atoms with van der Waals surface area (Å²) in [7, 11) is 0. The van der Waals surface area contributed by atoms with Crippen LogP contribution in [0.3, 0.4) is 0 Å². The van der Waals surface area contributed by atoms with Gasteiger partial charge in [0.1, 0.15) is 30.2 Å². The highest BCUT2D eigenvalue weighted by Crippen LogP contribution is 2.08. The van der Waals surface area contributed by atoms with E-state index in [-0.39, 0.29) is 32.2 Å². The van der Waals surface area contributed by atoms with Gasteiger partial charge < -0.3 is 69.7 Å². The number of carbonyl (C=O) groups excluding carboxylic acids is 7. The monoisotopic (exact) mass is 802 g/mol. The molecule has 0 saturated heterocycles. The van der Waals surface area contributed by atoms with E-state index in [1.54, 1.807) is 27.7 Å². The fraction of sp³-hybridized carbons (Fsp3) is 0.735. The number of nitrogens with two attached hydrogens (primary N) is 3. The lowest BCUT2D eigenvalue weighted by Crippen LogP contribution is -2.60. The van der Waals surface area contributed by atoms with Crippen molar-refractivity contribution in [1.29, 1.82) is 0 Å². The van der Waals surface area contributed by atoms with Gasteiger partial charge in [-0.15, -0.1) is 0 Å². The number of carboxylic acids is 2. The van der Waals surface area contributed by atoms with Crippen LogP contribution in [0.25, 0.3) is 0 Å². The highest BCUT2D eigenvalue weighted by atomic mass is 16.4. The second-order valence-corrected chi connectivity index (χ2v) is 13.8. The molecule has 0 fully saturated rings. The van der Waals surface area contributed by atoms with Crippen molar-refractivity contribution in [3.8, 4) is 0 Å². The van der Waals surface area contributed by atoms with Gasteiger partial charge in [-0.2, -0.15) is 0 Å². The lowest BCUT2D eigenvalue weighted by atomic mass is 10.00. The molecule has 16 N–H and O–H groups in total. The van der Waals surface area contributed by atoms with E-state index in [0.717, 1.165) is 0 Å². The standard InChI is InChI=1S/C34H62N10O12/c1-18(2)27(33(54)44-28(19(3)4)34(55)56)43-32(53)23(17-45)42-31(52)22(10-6-8-14-36)41-25(47)16-39-30(51)21(9-5-7-13-35)40-24(46)15-38-29(50)20(37)11-12-26(48)49/h18-23,27-28,45H,5-17,35-37H2,1-4H3,(H,38,50)(H,39,51)(H,40,46)(H,41,47)(H,42,52)(H,43,53)(H,44,54)(H,48,49)(H,55,56)/t20-,21-,22-,23-,27-,28-/m0/s1. The molecule has 0 radical (unpaired) electrons. The smallest absolute Gasteiger partial charge is 0.326 e. The summed E-state index contributed by atoms with van der Waals surface area (Å²) >= 11 is 0. The van der Waals surface area contributed by atoms with E-state index in [1.165, 1.54) is 0 Å². The van der Waals surface area contributed by atoms with Gasteiger partial charge in [-0.3, -0.25) is 38.4 Å². The number of hydrogen-bond donors (Lipinski definition) is 13. The molecule has 0 aromatic carbocycles. The van der Waals surface area contributed by atoms with Crippen molar-refractivity contribution < 1.29 is 58.5 Å². The molecule has 0 aromatic heterocycles. The molecule has 56 heavy (non-hydrogen) atoms. The Bertz CT molecular complexity index is 1330. The Morgan fingerprint density at radius 2 is 0.982 bits per heavy atom. The van der Waals surface area contributed by atoms with Crippen LogP contribution in [0.1, 0.15) is 79.1 Å². The Hall–Kier alpha value is -4.93.